The van der Waals surface area contributed by atoms with Gasteiger partial charge in [0, 0.05) is 28.9 Å². The van der Waals surface area contributed by atoms with E-state index in [2.05, 4.69) is 15.3 Å². The minimum atomic E-state index is -0.641. The van der Waals surface area contributed by atoms with Gasteiger partial charge in [-0.1, -0.05) is 12.1 Å². The average Bonchev–Trinajstić information content (AvgIpc) is 2.68. The summed E-state index contributed by atoms with van der Waals surface area (Å²) in [6, 6.07) is 9.53. The van der Waals surface area contributed by atoms with Crippen LogP contribution in [-0.4, -0.2) is 40.1 Å². The van der Waals surface area contributed by atoms with Crippen LogP contribution < -0.4 is 5.32 Å². The lowest BCUT2D eigenvalue weighted by Gasteiger charge is -2.12. The second kappa shape index (κ2) is 7.82. The van der Waals surface area contributed by atoms with Gasteiger partial charge in [0.25, 0.3) is 5.91 Å². The van der Waals surface area contributed by atoms with Crippen molar-refractivity contribution in [1.29, 1.82) is 0 Å². The Bertz CT molecular complexity index is 1020. The fraction of sp³-hybridized carbons (Fsp3) is 0.200. The summed E-state index contributed by atoms with van der Waals surface area (Å²) in [6.45, 7) is 3.33. The predicted molar refractivity (Wildman–Crippen MR) is 100 cm³/mol. The zero-order valence-electron chi connectivity index (χ0n) is 15.0. The smallest absolute Gasteiger partial charge is 0.325 e. The van der Waals surface area contributed by atoms with Crippen LogP contribution in [0.2, 0.25) is 0 Å². The summed E-state index contributed by atoms with van der Waals surface area (Å²) in [5.74, 6) is -1.42. The first-order chi connectivity index (χ1) is 13.0. The lowest BCUT2D eigenvalue weighted by molar-refractivity contribution is -0.141. The van der Waals surface area contributed by atoms with Gasteiger partial charge in [-0.3, -0.25) is 14.6 Å². The van der Waals surface area contributed by atoms with E-state index in [0.717, 1.165) is 16.5 Å². The van der Waals surface area contributed by atoms with Gasteiger partial charge >= 0.3 is 5.97 Å². The van der Waals surface area contributed by atoms with Gasteiger partial charge < -0.3 is 15.2 Å². The first kappa shape index (κ1) is 18.3. The van der Waals surface area contributed by atoms with Crippen LogP contribution in [0.5, 0.6) is 5.75 Å². The molecule has 0 radical (unpaired) electrons. The monoisotopic (exact) mass is 365 g/mol. The van der Waals surface area contributed by atoms with Crippen molar-refractivity contribution in [2.75, 3.05) is 13.2 Å². The maximum Gasteiger partial charge on any atom is 0.325 e. The van der Waals surface area contributed by atoms with Crippen LogP contribution in [0.15, 0.2) is 42.7 Å². The number of hydrogen-bond donors (Lipinski definition) is 2. The van der Waals surface area contributed by atoms with Crippen molar-refractivity contribution in [2.24, 2.45) is 0 Å². The summed E-state index contributed by atoms with van der Waals surface area (Å²) in [4.78, 5) is 31.9. The maximum absolute atomic E-state index is 12.2. The molecule has 3 rings (SSSR count). The number of ether oxygens (including phenoxy) is 1. The van der Waals surface area contributed by atoms with Gasteiger partial charge in [-0.15, -0.1) is 0 Å². The normalized spacial score (nSPS) is 10.6. The van der Waals surface area contributed by atoms with Gasteiger partial charge in [0.15, 0.2) is 5.69 Å². The molecule has 27 heavy (non-hydrogen) atoms. The van der Waals surface area contributed by atoms with E-state index in [1.165, 1.54) is 6.20 Å². The third-order valence-corrected chi connectivity index (χ3v) is 4.13. The van der Waals surface area contributed by atoms with E-state index in [-0.39, 0.29) is 24.6 Å². The van der Waals surface area contributed by atoms with E-state index >= 15 is 0 Å². The number of amides is 1. The third kappa shape index (κ3) is 3.87. The molecule has 0 fully saturated rings. The lowest BCUT2D eigenvalue weighted by Crippen LogP contribution is -2.31. The molecule has 3 aromatic rings. The molecule has 138 valence electrons. The highest BCUT2D eigenvalue weighted by Gasteiger charge is 2.19. The number of fused-ring (bicyclic) bond motifs is 1. The Morgan fingerprint density at radius 3 is 2.81 bits per heavy atom. The summed E-state index contributed by atoms with van der Waals surface area (Å²) >= 11 is 0. The summed E-state index contributed by atoms with van der Waals surface area (Å²) < 4.78 is 4.75. The van der Waals surface area contributed by atoms with Crippen molar-refractivity contribution >= 4 is 22.8 Å². The average molecular weight is 365 g/mol. The molecule has 0 saturated heterocycles. The Hall–Kier alpha value is -3.48. The van der Waals surface area contributed by atoms with Crippen molar-refractivity contribution in [2.45, 2.75) is 13.8 Å². The zero-order valence-corrected chi connectivity index (χ0v) is 15.0. The minimum Gasteiger partial charge on any atom is -0.505 e. The Balaban J connectivity index is 1.88. The molecule has 0 spiro atoms. The number of aromatic hydroxyl groups is 1. The number of nitrogens with zero attached hydrogens (tertiary/aromatic N) is 2. The van der Waals surface area contributed by atoms with Gasteiger partial charge in [0.2, 0.25) is 0 Å². The van der Waals surface area contributed by atoms with Crippen molar-refractivity contribution in [3.8, 4) is 16.9 Å². The highest BCUT2D eigenvalue weighted by atomic mass is 16.5. The van der Waals surface area contributed by atoms with Crippen molar-refractivity contribution in [1.82, 2.24) is 15.3 Å². The second-order valence-corrected chi connectivity index (χ2v) is 5.89. The number of carbonyl (C=O) groups excluding carboxylic acids is 2. The Kier molecular flexibility index (Phi) is 5.30. The largest absolute Gasteiger partial charge is 0.505 e. The van der Waals surface area contributed by atoms with Gasteiger partial charge in [-0.25, -0.2) is 4.98 Å². The molecule has 1 amide bonds. The number of benzene rings is 1. The fourth-order valence-electron chi connectivity index (χ4n) is 2.74. The predicted octanol–water partition coefficient (Wildman–Crippen LogP) is 2.60. The quantitative estimate of drug-likeness (QED) is 0.674. The molecular weight excluding hydrogens is 346 g/mol. The molecule has 2 heterocycles. The topological polar surface area (TPSA) is 101 Å². The van der Waals surface area contributed by atoms with E-state index in [0.29, 0.717) is 11.1 Å². The highest BCUT2D eigenvalue weighted by molar-refractivity contribution is 5.97. The van der Waals surface area contributed by atoms with Crippen LogP contribution in [0.3, 0.4) is 0 Å². The molecule has 1 aromatic carbocycles. The number of pyridine rings is 2. The van der Waals surface area contributed by atoms with Crippen molar-refractivity contribution < 1.29 is 19.4 Å². The molecule has 2 N–H and O–H groups in total. The molecule has 0 aliphatic rings. The van der Waals surface area contributed by atoms with E-state index in [4.69, 9.17) is 4.74 Å². The van der Waals surface area contributed by atoms with Gasteiger partial charge in [0.05, 0.1) is 12.1 Å². The summed E-state index contributed by atoms with van der Waals surface area (Å²) in [5, 5.41) is 13.8. The number of esters is 1. The Morgan fingerprint density at radius 1 is 1.22 bits per heavy atom. The van der Waals surface area contributed by atoms with Gasteiger partial charge in [-0.2, -0.15) is 0 Å². The molecule has 0 aliphatic carbocycles. The Labute approximate surface area is 156 Å². The SMILES string of the molecule is CCOC(=O)CNC(=O)c1ncc(-c2ccc3ncccc3c2)c(C)c1O. The minimum absolute atomic E-state index is 0.136. The molecule has 0 aliphatic heterocycles. The highest BCUT2D eigenvalue weighted by Crippen LogP contribution is 2.32. The lowest BCUT2D eigenvalue weighted by atomic mass is 9.99. The standard InChI is InChI=1S/C20H19N3O4/c1-3-27-17(24)11-23-20(26)18-19(25)12(2)15(10-22-18)13-6-7-16-14(9-13)5-4-8-21-16/h4-10,25H,3,11H2,1-2H3,(H,23,26). The van der Waals surface area contributed by atoms with Crippen LogP contribution in [0.25, 0.3) is 22.0 Å². The van der Waals surface area contributed by atoms with E-state index in [1.807, 2.05) is 30.3 Å². The number of hydrogen-bond acceptors (Lipinski definition) is 6. The van der Waals surface area contributed by atoms with E-state index in [1.54, 1.807) is 20.0 Å². The molecule has 0 atom stereocenters. The summed E-state index contributed by atoms with van der Waals surface area (Å²) in [5.41, 5.74) is 2.82. The molecule has 0 saturated carbocycles. The van der Waals surface area contributed by atoms with Gasteiger partial charge in [-0.05, 0) is 37.6 Å². The summed E-state index contributed by atoms with van der Waals surface area (Å²) in [7, 11) is 0. The number of rotatable bonds is 5. The zero-order chi connectivity index (χ0) is 19.4. The molecule has 2 aromatic heterocycles. The third-order valence-electron chi connectivity index (χ3n) is 4.13. The molecule has 0 bridgehead atoms. The van der Waals surface area contributed by atoms with Crippen LogP contribution in [-0.2, 0) is 9.53 Å². The Morgan fingerprint density at radius 2 is 2.04 bits per heavy atom. The first-order valence-corrected chi connectivity index (χ1v) is 8.48. The fourth-order valence-corrected chi connectivity index (χ4v) is 2.74. The van der Waals surface area contributed by atoms with Crippen LogP contribution in [0.4, 0.5) is 0 Å². The molecular formula is C20H19N3O4. The van der Waals surface area contributed by atoms with Crippen LogP contribution in [0.1, 0.15) is 23.0 Å². The van der Waals surface area contributed by atoms with Gasteiger partial charge in [0.1, 0.15) is 12.3 Å². The number of aromatic nitrogens is 2. The van der Waals surface area contributed by atoms with Crippen molar-refractivity contribution in [3.05, 3.63) is 54.0 Å². The van der Waals surface area contributed by atoms with Crippen LogP contribution in [0, 0.1) is 6.92 Å². The molecule has 0 unspecified atom stereocenters. The molecule has 7 nitrogen and oxygen atoms in total. The van der Waals surface area contributed by atoms with Crippen LogP contribution >= 0.6 is 0 Å². The first-order valence-electron chi connectivity index (χ1n) is 8.48. The maximum atomic E-state index is 12.2. The summed E-state index contributed by atoms with van der Waals surface area (Å²) in [6.07, 6.45) is 3.26. The second-order valence-electron chi connectivity index (χ2n) is 5.89. The molecule has 7 heteroatoms. The van der Waals surface area contributed by atoms with Crippen molar-refractivity contribution in [3.63, 3.8) is 0 Å². The number of nitrogens with one attached hydrogen (secondary N) is 1. The van der Waals surface area contributed by atoms with E-state index in [9.17, 15) is 14.7 Å². The number of carbonyl (C=O) groups is 2. The van der Waals surface area contributed by atoms with E-state index < -0.39 is 11.9 Å².